The third-order valence-corrected chi connectivity index (χ3v) is 5.04. The molecular formula is C25H23N3O2. The largest absolute Gasteiger partial charge is 0.484 e. The number of aromatic nitrogens is 1. The highest BCUT2D eigenvalue weighted by atomic mass is 16.5. The molecule has 1 amide bonds. The quantitative estimate of drug-likeness (QED) is 0.356. The third kappa shape index (κ3) is 4.25. The van der Waals surface area contributed by atoms with Gasteiger partial charge in [-0.3, -0.25) is 4.79 Å². The van der Waals surface area contributed by atoms with Crippen molar-refractivity contribution in [3.05, 3.63) is 89.5 Å². The molecule has 0 aliphatic carbocycles. The van der Waals surface area contributed by atoms with Crippen molar-refractivity contribution in [2.24, 2.45) is 5.10 Å². The molecule has 0 radical (unpaired) electrons. The first-order valence-corrected chi connectivity index (χ1v) is 9.80. The summed E-state index contributed by atoms with van der Waals surface area (Å²) in [6, 6.07) is 23.8. The molecule has 0 saturated heterocycles. The van der Waals surface area contributed by atoms with Crippen LogP contribution >= 0.6 is 0 Å². The number of amides is 1. The molecule has 2 N–H and O–H groups in total. The number of nitrogens with one attached hydrogen (secondary N) is 2. The number of hydrogen-bond acceptors (Lipinski definition) is 3. The van der Waals surface area contributed by atoms with Gasteiger partial charge in [0.05, 0.1) is 11.9 Å². The van der Waals surface area contributed by atoms with E-state index in [1.165, 1.54) is 5.56 Å². The third-order valence-electron chi connectivity index (χ3n) is 5.04. The van der Waals surface area contributed by atoms with Crippen LogP contribution in [-0.2, 0) is 4.79 Å². The number of para-hydroxylation sites is 1. The lowest BCUT2D eigenvalue weighted by molar-refractivity contribution is -0.123. The fourth-order valence-corrected chi connectivity index (χ4v) is 3.28. The summed E-state index contributed by atoms with van der Waals surface area (Å²) >= 11 is 0. The van der Waals surface area contributed by atoms with E-state index in [0.717, 1.165) is 33.3 Å². The molecule has 4 rings (SSSR count). The topological polar surface area (TPSA) is 66.5 Å². The second kappa shape index (κ2) is 8.66. The predicted molar refractivity (Wildman–Crippen MR) is 121 cm³/mol. The molecule has 5 heteroatoms. The second-order valence-corrected chi connectivity index (χ2v) is 7.15. The smallest absolute Gasteiger partial charge is 0.277 e. The molecule has 0 atom stereocenters. The highest BCUT2D eigenvalue weighted by Gasteiger charge is 2.11. The SMILES string of the molecule is Cc1ccc(OCC(=O)NN=Cc2c(-c3ccccc3)[nH]c3ccccc23)cc1C. The van der Waals surface area contributed by atoms with Crippen molar-refractivity contribution in [3.63, 3.8) is 0 Å². The lowest BCUT2D eigenvalue weighted by atomic mass is 10.1. The van der Waals surface area contributed by atoms with Crippen LogP contribution in [0.2, 0.25) is 0 Å². The summed E-state index contributed by atoms with van der Waals surface area (Å²) in [4.78, 5) is 15.6. The maximum Gasteiger partial charge on any atom is 0.277 e. The van der Waals surface area contributed by atoms with Crippen molar-refractivity contribution >= 4 is 23.0 Å². The molecule has 0 fully saturated rings. The van der Waals surface area contributed by atoms with E-state index in [1.807, 2.05) is 86.6 Å². The first-order chi connectivity index (χ1) is 14.6. The van der Waals surface area contributed by atoms with E-state index in [0.29, 0.717) is 5.75 Å². The van der Waals surface area contributed by atoms with Gasteiger partial charge < -0.3 is 9.72 Å². The molecule has 0 aliphatic rings. The van der Waals surface area contributed by atoms with Crippen molar-refractivity contribution in [3.8, 4) is 17.0 Å². The molecule has 150 valence electrons. The maximum atomic E-state index is 12.2. The molecule has 3 aromatic carbocycles. The molecule has 30 heavy (non-hydrogen) atoms. The molecule has 5 nitrogen and oxygen atoms in total. The zero-order valence-electron chi connectivity index (χ0n) is 17.0. The van der Waals surface area contributed by atoms with E-state index in [-0.39, 0.29) is 12.5 Å². The lowest BCUT2D eigenvalue weighted by Crippen LogP contribution is -2.24. The Hall–Kier alpha value is -3.86. The van der Waals surface area contributed by atoms with Crippen molar-refractivity contribution in [2.45, 2.75) is 13.8 Å². The molecule has 0 aliphatic heterocycles. The number of rotatable bonds is 6. The van der Waals surface area contributed by atoms with Gasteiger partial charge in [-0.2, -0.15) is 5.10 Å². The summed E-state index contributed by atoms with van der Waals surface area (Å²) in [5, 5.41) is 5.21. The number of hydrogen-bond donors (Lipinski definition) is 2. The minimum absolute atomic E-state index is 0.0979. The normalized spacial score (nSPS) is 11.1. The van der Waals surface area contributed by atoms with Crippen molar-refractivity contribution in [1.82, 2.24) is 10.4 Å². The lowest BCUT2D eigenvalue weighted by Gasteiger charge is -2.07. The average molecular weight is 397 g/mol. The first-order valence-electron chi connectivity index (χ1n) is 9.80. The summed E-state index contributed by atoms with van der Waals surface area (Å²) in [6.45, 7) is 3.95. The molecular weight excluding hydrogens is 374 g/mol. The molecule has 1 heterocycles. The zero-order chi connectivity index (χ0) is 20.9. The molecule has 0 spiro atoms. The standard InChI is InChI=1S/C25H23N3O2/c1-17-12-13-20(14-18(17)2)30-16-24(29)28-26-15-22-21-10-6-7-11-23(21)27-25(22)19-8-4-3-5-9-19/h3-15,27H,16H2,1-2H3,(H,28,29). The van der Waals surface area contributed by atoms with Crippen LogP contribution < -0.4 is 10.2 Å². The number of ether oxygens (including phenoxy) is 1. The Bertz CT molecular complexity index is 1210. The Morgan fingerprint density at radius 3 is 2.57 bits per heavy atom. The van der Waals surface area contributed by atoms with Gasteiger partial charge in [0.1, 0.15) is 5.75 Å². The van der Waals surface area contributed by atoms with Crippen LogP contribution in [0.15, 0.2) is 77.9 Å². The monoisotopic (exact) mass is 397 g/mol. The Balaban J connectivity index is 1.48. The number of H-pyrrole nitrogens is 1. The number of carbonyl (C=O) groups excluding carboxylic acids is 1. The minimum Gasteiger partial charge on any atom is -0.484 e. The molecule has 0 bridgehead atoms. The van der Waals surface area contributed by atoms with Crippen LogP contribution in [0.5, 0.6) is 5.75 Å². The maximum absolute atomic E-state index is 12.2. The number of aryl methyl sites for hydroxylation is 2. The van der Waals surface area contributed by atoms with E-state index in [4.69, 9.17) is 4.74 Å². The van der Waals surface area contributed by atoms with Crippen molar-refractivity contribution in [2.75, 3.05) is 6.61 Å². The Morgan fingerprint density at radius 1 is 1.00 bits per heavy atom. The summed E-state index contributed by atoms with van der Waals surface area (Å²) in [5.41, 5.74) is 8.81. The van der Waals surface area contributed by atoms with Crippen LogP contribution in [0.3, 0.4) is 0 Å². The zero-order valence-corrected chi connectivity index (χ0v) is 17.0. The van der Waals surface area contributed by atoms with Crippen LogP contribution in [0.1, 0.15) is 16.7 Å². The molecule has 0 saturated carbocycles. The first kappa shape index (κ1) is 19.5. The van der Waals surface area contributed by atoms with Gasteiger partial charge >= 0.3 is 0 Å². The average Bonchev–Trinajstić information content (AvgIpc) is 3.14. The van der Waals surface area contributed by atoms with Crippen LogP contribution in [0, 0.1) is 13.8 Å². The number of benzene rings is 3. The number of nitrogens with zero attached hydrogens (tertiary/aromatic N) is 1. The summed E-state index contributed by atoms with van der Waals surface area (Å²) < 4.78 is 5.56. The Labute approximate surface area is 175 Å². The fourth-order valence-electron chi connectivity index (χ4n) is 3.28. The van der Waals surface area contributed by atoms with Gasteiger partial charge in [0, 0.05) is 16.5 Å². The highest BCUT2D eigenvalue weighted by Crippen LogP contribution is 2.28. The van der Waals surface area contributed by atoms with Crippen molar-refractivity contribution < 1.29 is 9.53 Å². The summed E-state index contributed by atoms with van der Waals surface area (Å²) in [6.07, 6.45) is 1.68. The predicted octanol–water partition coefficient (Wildman–Crippen LogP) is 4.98. The minimum atomic E-state index is -0.314. The van der Waals surface area contributed by atoms with Crippen LogP contribution in [0.4, 0.5) is 0 Å². The van der Waals surface area contributed by atoms with E-state index >= 15 is 0 Å². The summed E-state index contributed by atoms with van der Waals surface area (Å²) in [5.74, 6) is 0.353. The fraction of sp³-hybridized carbons (Fsp3) is 0.120. The van der Waals surface area contributed by atoms with E-state index in [9.17, 15) is 4.79 Å². The van der Waals surface area contributed by atoms with E-state index in [1.54, 1.807) is 6.21 Å². The number of fused-ring (bicyclic) bond motifs is 1. The highest BCUT2D eigenvalue weighted by molar-refractivity contribution is 6.06. The number of aromatic amines is 1. The van der Waals surface area contributed by atoms with Crippen LogP contribution in [0.25, 0.3) is 22.2 Å². The molecule has 1 aromatic heterocycles. The second-order valence-electron chi connectivity index (χ2n) is 7.15. The van der Waals surface area contributed by atoms with Gasteiger partial charge in [-0.1, -0.05) is 54.6 Å². The van der Waals surface area contributed by atoms with E-state index < -0.39 is 0 Å². The Kier molecular flexibility index (Phi) is 5.61. The molecule has 4 aromatic rings. The van der Waals surface area contributed by atoms with Gasteiger partial charge in [-0.25, -0.2) is 5.43 Å². The summed E-state index contributed by atoms with van der Waals surface area (Å²) in [7, 11) is 0. The number of hydrazone groups is 1. The van der Waals surface area contributed by atoms with Gasteiger partial charge in [-0.05, 0) is 48.7 Å². The van der Waals surface area contributed by atoms with E-state index in [2.05, 4.69) is 15.5 Å². The number of carbonyl (C=O) groups is 1. The van der Waals surface area contributed by atoms with Gasteiger partial charge in [-0.15, -0.1) is 0 Å². The van der Waals surface area contributed by atoms with Gasteiger partial charge in [0.2, 0.25) is 0 Å². The van der Waals surface area contributed by atoms with Gasteiger partial charge in [0.25, 0.3) is 5.91 Å². The Morgan fingerprint density at radius 2 is 1.77 bits per heavy atom. The van der Waals surface area contributed by atoms with Crippen molar-refractivity contribution in [1.29, 1.82) is 0 Å². The molecule has 0 unspecified atom stereocenters. The van der Waals surface area contributed by atoms with Crippen LogP contribution in [-0.4, -0.2) is 23.7 Å². The van der Waals surface area contributed by atoms with Gasteiger partial charge in [0.15, 0.2) is 6.61 Å².